The van der Waals surface area contributed by atoms with Gasteiger partial charge in [0.2, 0.25) is 5.78 Å². The number of allylic oxidation sites excluding steroid dienone is 1. The minimum absolute atomic E-state index is 0.153. The Labute approximate surface area is 133 Å². The largest absolute Gasteiger partial charge is 0.394 e. The minimum Gasteiger partial charge on any atom is -0.394 e. The molecule has 0 aliphatic carbocycles. The molecule has 0 heterocycles. The van der Waals surface area contributed by atoms with Crippen LogP contribution in [0.5, 0.6) is 0 Å². The smallest absolute Gasteiger partial charge is 0.205 e. The Morgan fingerprint density at radius 3 is 2.55 bits per heavy atom. The number of nitrogens with zero attached hydrogens (tertiary/aromatic N) is 1. The lowest BCUT2D eigenvalue weighted by atomic mass is 10.0. The van der Waals surface area contributed by atoms with Crippen molar-refractivity contribution in [3.63, 3.8) is 0 Å². The van der Waals surface area contributed by atoms with E-state index in [1.54, 1.807) is 0 Å². The molecule has 0 atom stereocenters. The third kappa shape index (κ3) is 4.60. The molecule has 0 unspecified atom stereocenters. The van der Waals surface area contributed by atoms with Gasteiger partial charge in [-0.15, -0.1) is 0 Å². The van der Waals surface area contributed by atoms with E-state index in [4.69, 9.17) is 10.8 Å². The first kappa shape index (κ1) is 18.2. The zero-order valence-electron chi connectivity index (χ0n) is 14.1. The van der Waals surface area contributed by atoms with Crippen LogP contribution in [0.4, 0.5) is 0 Å². The average Bonchev–Trinajstić information content (AvgIpc) is 2.54. The van der Waals surface area contributed by atoms with Crippen LogP contribution >= 0.6 is 0 Å². The van der Waals surface area contributed by atoms with Gasteiger partial charge < -0.3 is 15.7 Å². The molecule has 0 bridgehead atoms. The summed E-state index contributed by atoms with van der Waals surface area (Å²) in [6.45, 7) is 9.17. The number of hydrogen-bond donors (Lipinski definition) is 2. The summed E-state index contributed by atoms with van der Waals surface area (Å²) in [7, 11) is 0. The number of Topliss-reactive ketones (excluding diaryl/α,β-unsaturated/α-hetero) is 1. The van der Waals surface area contributed by atoms with E-state index in [9.17, 15) is 4.79 Å². The van der Waals surface area contributed by atoms with Crippen molar-refractivity contribution < 1.29 is 9.90 Å². The predicted molar refractivity (Wildman–Crippen MR) is 90.2 cm³/mol. The summed E-state index contributed by atoms with van der Waals surface area (Å²) < 4.78 is 0. The normalized spacial score (nSPS) is 12.0. The quantitative estimate of drug-likeness (QED) is 0.724. The maximum atomic E-state index is 11.6. The molecule has 0 aliphatic rings. The number of nitrogens with two attached hydrogens (primary N) is 1. The number of carbonyl (C=O) groups excluding carboxylic acids is 1. The Bertz CT molecular complexity index is 550. The SMILES string of the molecule is CCCN(Cc1cc(CC)ccc1C)/C(C)=C(\N)C(=O)CO. The molecule has 0 amide bonds. The molecule has 1 rings (SSSR count). The predicted octanol–water partition coefficient (Wildman–Crippen LogP) is 2.52. The van der Waals surface area contributed by atoms with Gasteiger partial charge in [-0.2, -0.15) is 0 Å². The van der Waals surface area contributed by atoms with E-state index in [1.807, 2.05) is 6.92 Å². The Hall–Kier alpha value is -1.81. The highest BCUT2D eigenvalue weighted by molar-refractivity contribution is 5.95. The topological polar surface area (TPSA) is 66.6 Å². The van der Waals surface area contributed by atoms with Crippen molar-refractivity contribution in [3.05, 3.63) is 46.3 Å². The molecule has 0 aromatic heterocycles. The summed E-state index contributed by atoms with van der Waals surface area (Å²) in [6, 6.07) is 6.50. The van der Waals surface area contributed by atoms with Gasteiger partial charge in [-0.1, -0.05) is 32.0 Å². The summed E-state index contributed by atoms with van der Waals surface area (Å²) >= 11 is 0. The fourth-order valence-electron chi connectivity index (χ4n) is 2.41. The van der Waals surface area contributed by atoms with Gasteiger partial charge in [0.05, 0.1) is 5.70 Å². The molecule has 0 spiro atoms. The number of aliphatic hydroxyl groups is 1. The maximum absolute atomic E-state index is 11.6. The number of aryl methyl sites for hydroxylation is 2. The third-order valence-corrected chi connectivity index (χ3v) is 3.98. The van der Waals surface area contributed by atoms with Crippen molar-refractivity contribution >= 4 is 5.78 Å². The van der Waals surface area contributed by atoms with Crippen LogP contribution in [0.25, 0.3) is 0 Å². The van der Waals surface area contributed by atoms with Gasteiger partial charge in [0.1, 0.15) is 6.61 Å². The number of aliphatic hydroxyl groups excluding tert-OH is 1. The lowest BCUT2D eigenvalue weighted by molar-refractivity contribution is -0.118. The van der Waals surface area contributed by atoms with Gasteiger partial charge in [0.25, 0.3) is 0 Å². The van der Waals surface area contributed by atoms with Crippen molar-refractivity contribution in [2.45, 2.75) is 47.1 Å². The molecule has 0 aliphatic heterocycles. The first-order chi connectivity index (χ1) is 10.4. The summed E-state index contributed by atoms with van der Waals surface area (Å²) in [4.78, 5) is 13.7. The molecular formula is C18H28N2O2. The van der Waals surface area contributed by atoms with Crippen molar-refractivity contribution in [2.24, 2.45) is 5.73 Å². The van der Waals surface area contributed by atoms with E-state index in [2.05, 4.69) is 43.9 Å². The molecule has 0 radical (unpaired) electrons. The van der Waals surface area contributed by atoms with Crippen LogP contribution in [-0.2, 0) is 17.8 Å². The maximum Gasteiger partial charge on any atom is 0.205 e. The lowest BCUT2D eigenvalue weighted by Gasteiger charge is -2.27. The van der Waals surface area contributed by atoms with Crippen LogP contribution in [0.3, 0.4) is 0 Å². The van der Waals surface area contributed by atoms with Crippen LogP contribution < -0.4 is 5.73 Å². The summed E-state index contributed by atoms with van der Waals surface area (Å²) in [5.41, 5.74) is 10.6. The lowest BCUT2D eigenvalue weighted by Crippen LogP contribution is -2.28. The highest BCUT2D eigenvalue weighted by Gasteiger charge is 2.14. The second-order valence-corrected chi connectivity index (χ2v) is 5.62. The van der Waals surface area contributed by atoms with Crippen LogP contribution in [-0.4, -0.2) is 28.9 Å². The fourth-order valence-corrected chi connectivity index (χ4v) is 2.41. The molecule has 0 saturated heterocycles. The molecule has 0 saturated carbocycles. The molecule has 122 valence electrons. The molecule has 4 nitrogen and oxygen atoms in total. The van der Waals surface area contributed by atoms with E-state index in [1.165, 1.54) is 16.7 Å². The molecule has 1 aromatic rings. The van der Waals surface area contributed by atoms with E-state index in [-0.39, 0.29) is 5.70 Å². The standard InChI is InChI=1S/C18H28N2O2/c1-5-9-20(14(4)18(19)17(22)12-21)11-16-10-15(6-2)8-7-13(16)3/h7-8,10,21H,5-6,9,11-12,19H2,1-4H3/b18-14-. The molecule has 0 fully saturated rings. The molecule has 1 aromatic carbocycles. The molecule has 4 heteroatoms. The fraction of sp³-hybridized carbons (Fsp3) is 0.500. The average molecular weight is 304 g/mol. The zero-order chi connectivity index (χ0) is 16.7. The zero-order valence-corrected chi connectivity index (χ0v) is 14.1. The van der Waals surface area contributed by atoms with E-state index < -0.39 is 12.4 Å². The van der Waals surface area contributed by atoms with Crippen LogP contribution in [0.15, 0.2) is 29.6 Å². The van der Waals surface area contributed by atoms with Gasteiger partial charge in [0, 0.05) is 18.8 Å². The van der Waals surface area contributed by atoms with Gasteiger partial charge in [-0.05, 0) is 43.4 Å². The van der Waals surface area contributed by atoms with Crippen molar-refractivity contribution in [2.75, 3.05) is 13.2 Å². The first-order valence-electron chi connectivity index (χ1n) is 7.88. The number of benzene rings is 1. The second-order valence-electron chi connectivity index (χ2n) is 5.62. The summed E-state index contributed by atoms with van der Waals surface area (Å²) in [5.74, 6) is -0.419. The number of rotatable bonds is 8. The number of ketones is 1. The van der Waals surface area contributed by atoms with Crippen LogP contribution in [0.2, 0.25) is 0 Å². The van der Waals surface area contributed by atoms with Crippen molar-refractivity contribution in [1.82, 2.24) is 4.90 Å². The van der Waals surface area contributed by atoms with Gasteiger partial charge >= 0.3 is 0 Å². The number of hydrogen-bond acceptors (Lipinski definition) is 4. The Balaban J connectivity index is 3.09. The highest BCUT2D eigenvalue weighted by Crippen LogP contribution is 2.18. The van der Waals surface area contributed by atoms with Crippen LogP contribution in [0.1, 0.15) is 43.9 Å². The molecule has 3 N–H and O–H groups in total. The van der Waals surface area contributed by atoms with Crippen molar-refractivity contribution in [3.8, 4) is 0 Å². The molecular weight excluding hydrogens is 276 g/mol. The summed E-state index contributed by atoms with van der Waals surface area (Å²) in [5, 5.41) is 8.99. The summed E-state index contributed by atoms with van der Waals surface area (Å²) in [6.07, 6.45) is 1.96. The van der Waals surface area contributed by atoms with E-state index in [0.717, 1.165) is 31.6 Å². The molecule has 22 heavy (non-hydrogen) atoms. The van der Waals surface area contributed by atoms with Crippen molar-refractivity contribution in [1.29, 1.82) is 0 Å². The van der Waals surface area contributed by atoms with Gasteiger partial charge in [-0.25, -0.2) is 0 Å². The monoisotopic (exact) mass is 304 g/mol. The Kier molecular flexibility index (Phi) is 7.12. The Morgan fingerprint density at radius 2 is 2.00 bits per heavy atom. The highest BCUT2D eigenvalue weighted by atomic mass is 16.3. The van der Waals surface area contributed by atoms with E-state index >= 15 is 0 Å². The Morgan fingerprint density at radius 1 is 1.32 bits per heavy atom. The third-order valence-electron chi connectivity index (χ3n) is 3.98. The number of carbonyl (C=O) groups is 1. The van der Waals surface area contributed by atoms with Gasteiger partial charge in [0.15, 0.2) is 0 Å². The second kappa shape index (κ2) is 8.59. The van der Waals surface area contributed by atoms with Crippen LogP contribution in [0, 0.1) is 6.92 Å². The minimum atomic E-state index is -0.548. The first-order valence-corrected chi connectivity index (χ1v) is 7.88. The van der Waals surface area contributed by atoms with E-state index in [0.29, 0.717) is 0 Å². The van der Waals surface area contributed by atoms with Gasteiger partial charge in [-0.3, -0.25) is 4.79 Å².